The van der Waals surface area contributed by atoms with Crippen molar-refractivity contribution in [1.82, 2.24) is 5.32 Å². The molecule has 0 spiro atoms. The van der Waals surface area contributed by atoms with Gasteiger partial charge >= 0.3 is 5.97 Å². The lowest BCUT2D eigenvalue weighted by atomic mass is 9.49. The van der Waals surface area contributed by atoms with Gasteiger partial charge in [0.1, 0.15) is 5.82 Å². The molecule has 4 fully saturated rings. The van der Waals surface area contributed by atoms with Crippen molar-refractivity contribution in [1.29, 1.82) is 0 Å². The first-order chi connectivity index (χ1) is 12.4. The van der Waals surface area contributed by atoms with Crippen molar-refractivity contribution in [2.45, 2.75) is 38.5 Å². The predicted molar refractivity (Wildman–Crippen MR) is 94.7 cm³/mol. The highest BCUT2D eigenvalue weighted by atomic mass is 19.1. The molecule has 0 radical (unpaired) electrons. The zero-order valence-corrected chi connectivity index (χ0v) is 14.8. The molecule has 0 aliphatic heterocycles. The summed E-state index contributed by atoms with van der Waals surface area (Å²) in [5.41, 5.74) is 5.93. The Morgan fingerprint density at radius 2 is 1.77 bits per heavy atom. The number of carbonyl (C=O) groups is 2. The monoisotopic (exact) mass is 360 g/mol. The molecule has 5 nitrogen and oxygen atoms in total. The van der Waals surface area contributed by atoms with Crippen LogP contribution in [0.4, 0.5) is 10.1 Å². The van der Waals surface area contributed by atoms with Crippen LogP contribution in [0.1, 0.15) is 48.9 Å². The van der Waals surface area contributed by atoms with Crippen molar-refractivity contribution in [2.24, 2.45) is 23.2 Å². The van der Waals surface area contributed by atoms with Crippen LogP contribution in [0.15, 0.2) is 18.2 Å². The van der Waals surface area contributed by atoms with Gasteiger partial charge in [-0.25, -0.2) is 9.18 Å². The first-order valence-electron chi connectivity index (χ1n) is 9.41. The van der Waals surface area contributed by atoms with E-state index < -0.39 is 11.8 Å². The van der Waals surface area contributed by atoms with E-state index in [9.17, 15) is 14.0 Å². The normalized spacial score (nSPS) is 31.7. The lowest BCUT2D eigenvalue weighted by Crippen LogP contribution is -2.51. The molecule has 3 N–H and O–H groups in total. The quantitative estimate of drug-likeness (QED) is 0.625. The average molecular weight is 360 g/mol. The third-order valence-corrected chi connectivity index (χ3v) is 6.39. The first-order valence-corrected chi connectivity index (χ1v) is 9.41. The number of esters is 1. The molecule has 140 valence electrons. The third kappa shape index (κ3) is 3.41. The van der Waals surface area contributed by atoms with Crippen LogP contribution in [0.5, 0.6) is 0 Å². The van der Waals surface area contributed by atoms with E-state index in [2.05, 4.69) is 5.32 Å². The van der Waals surface area contributed by atoms with Crippen LogP contribution in [0.2, 0.25) is 0 Å². The Morgan fingerprint density at radius 3 is 2.35 bits per heavy atom. The maximum atomic E-state index is 13.0. The van der Waals surface area contributed by atoms with Crippen molar-refractivity contribution in [3.63, 3.8) is 0 Å². The van der Waals surface area contributed by atoms with Gasteiger partial charge < -0.3 is 15.8 Å². The minimum absolute atomic E-state index is 0.00368. The number of nitrogens with one attached hydrogen (secondary N) is 1. The largest absolute Gasteiger partial charge is 0.452 e. The zero-order chi connectivity index (χ0) is 18.3. The SMILES string of the molecule is Nc1cc(F)ccc1C(=O)OCC(=O)NCC12CC3CC(CC(C3)C1)C2. The summed E-state index contributed by atoms with van der Waals surface area (Å²) in [6.45, 7) is 0.327. The van der Waals surface area contributed by atoms with Crippen molar-refractivity contribution >= 4 is 17.6 Å². The number of benzene rings is 1. The Morgan fingerprint density at radius 1 is 1.15 bits per heavy atom. The summed E-state index contributed by atoms with van der Waals surface area (Å²) < 4.78 is 18.1. The molecule has 26 heavy (non-hydrogen) atoms. The average Bonchev–Trinajstić information content (AvgIpc) is 2.57. The molecule has 1 aromatic carbocycles. The molecule has 0 unspecified atom stereocenters. The lowest BCUT2D eigenvalue weighted by Gasteiger charge is -2.56. The first kappa shape index (κ1) is 17.3. The summed E-state index contributed by atoms with van der Waals surface area (Å²) in [4.78, 5) is 24.1. The molecule has 0 atom stereocenters. The lowest BCUT2D eigenvalue weighted by molar-refractivity contribution is -0.126. The van der Waals surface area contributed by atoms with E-state index in [1.54, 1.807) is 0 Å². The second-order valence-corrected chi connectivity index (χ2v) is 8.50. The van der Waals surface area contributed by atoms with Gasteiger partial charge in [-0.15, -0.1) is 0 Å². The molecule has 1 aromatic rings. The topological polar surface area (TPSA) is 81.4 Å². The Bertz CT molecular complexity index is 698. The number of anilines is 1. The molecule has 4 bridgehead atoms. The van der Waals surface area contributed by atoms with E-state index in [0.29, 0.717) is 6.54 Å². The smallest absolute Gasteiger partial charge is 0.340 e. The molecular formula is C20H25FN2O3. The van der Waals surface area contributed by atoms with Gasteiger partial charge in [0.15, 0.2) is 6.61 Å². The Kier molecular flexibility index (Phi) is 4.37. The summed E-state index contributed by atoms with van der Waals surface area (Å²) in [6.07, 6.45) is 7.74. The van der Waals surface area contributed by atoms with E-state index in [0.717, 1.165) is 29.9 Å². The number of halogens is 1. The molecule has 5 rings (SSSR count). The van der Waals surface area contributed by atoms with Crippen LogP contribution in [-0.4, -0.2) is 25.0 Å². The Hall–Kier alpha value is -2.11. The summed E-state index contributed by atoms with van der Waals surface area (Å²) >= 11 is 0. The van der Waals surface area contributed by atoms with Crippen molar-refractivity contribution in [3.05, 3.63) is 29.6 Å². The zero-order valence-electron chi connectivity index (χ0n) is 14.8. The van der Waals surface area contributed by atoms with Crippen LogP contribution in [0.3, 0.4) is 0 Å². The van der Waals surface area contributed by atoms with Crippen LogP contribution >= 0.6 is 0 Å². The molecule has 0 saturated heterocycles. The van der Waals surface area contributed by atoms with Gasteiger partial charge in [-0.1, -0.05) is 0 Å². The number of ether oxygens (including phenoxy) is 1. The van der Waals surface area contributed by atoms with Crippen molar-refractivity contribution < 1.29 is 18.7 Å². The molecule has 4 aliphatic carbocycles. The van der Waals surface area contributed by atoms with Gasteiger partial charge in [0.05, 0.1) is 5.56 Å². The number of rotatable bonds is 5. The number of carbonyl (C=O) groups excluding carboxylic acids is 2. The third-order valence-electron chi connectivity index (χ3n) is 6.39. The second-order valence-electron chi connectivity index (χ2n) is 8.50. The highest BCUT2D eigenvalue weighted by Crippen LogP contribution is 2.59. The van der Waals surface area contributed by atoms with E-state index in [-0.39, 0.29) is 29.2 Å². The fourth-order valence-electron chi connectivity index (χ4n) is 5.77. The number of nitrogen functional groups attached to an aromatic ring is 1. The van der Waals surface area contributed by atoms with Gasteiger partial charge in [-0.3, -0.25) is 4.79 Å². The van der Waals surface area contributed by atoms with Gasteiger partial charge in [-0.2, -0.15) is 0 Å². The maximum Gasteiger partial charge on any atom is 0.340 e. The minimum atomic E-state index is -0.715. The van der Waals surface area contributed by atoms with E-state index in [4.69, 9.17) is 10.5 Å². The number of hydrogen-bond acceptors (Lipinski definition) is 4. The molecular weight excluding hydrogens is 335 g/mol. The summed E-state index contributed by atoms with van der Waals surface area (Å²) in [6, 6.07) is 3.46. The van der Waals surface area contributed by atoms with Gasteiger partial charge in [0, 0.05) is 12.2 Å². The van der Waals surface area contributed by atoms with Crippen molar-refractivity contribution in [2.75, 3.05) is 18.9 Å². The molecule has 6 heteroatoms. The van der Waals surface area contributed by atoms with Gasteiger partial charge in [0.2, 0.25) is 0 Å². The highest BCUT2D eigenvalue weighted by Gasteiger charge is 2.50. The van der Waals surface area contributed by atoms with Crippen LogP contribution in [0, 0.1) is 29.0 Å². The Balaban J connectivity index is 1.27. The predicted octanol–water partition coefficient (Wildman–Crippen LogP) is 2.90. The second kappa shape index (κ2) is 6.56. The Labute approximate surface area is 152 Å². The number of nitrogens with two attached hydrogens (primary N) is 1. The maximum absolute atomic E-state index is 13.0. The van der Waals surface area contributed by atoms with Gasteiger partial charge in [-0.05, 0) is 79.9 Å². The van der Waals surface area contributed by atoms with Crippen molar-refractivity contribution in [3.8, 4) is 0 Å². The molecule has 4 aliphatic rings. The molecule has 0 aromatic heterocycles. The fourth-order valence-corrected chi connectivity index (χ4v) is 5.77. The number of amides is 1. The van der Waals surface area contributed by atoms with E-state index >= 15 is 0 Å². The fraction of sp³-hybridized carbons (Fsp3) is 0.600. The molecule has 4 saturated carbocycles. The number of hydrogen-bond donors (Lipinski definition) is 2. The molecule has 1 amide bonds. The van der Waals surface area contributed by atoms with E-state index in [1.165, 1.54) is 44.6 Å². The summed E-state index contributed by atoms with van der Waals surface area (Å²) in [5, 5.41) is 2.96. The minimum Gasteiger partial charge on any atom is -0.452 e. The van der Waals surface area contributed by atoms with Crippen LogP contribution in [0.25, 0.3) is 0 Å². The van der Waals surface area contributed by atoms with E-state index in [1.807, 2.05) is 0 Å². The van der Waals surface area contributed by atoms with Gasteiger partial charge in [0.25, 0.3) is 5.91 Å². The standard InChI is InChI=1S/C20H25FN2O3/c21-15-1-2-16(17(22)6-15)19(25)26-10-18(24)23-11-20-7-12-3-13(8-20)5-14(4-12)9-20/h1-2,6,12-14H,3-5,7-11,22H2,(H,23,24). The summed E-state index contributed by atoms with van der Waals surface area (Å²) in [5.74, 6) is 0.960. The van der Waals surface area contributed by atoms with Crippen LogP contribution in [-0.2, 0) is 9.53 Å². The highest BCUT2D eigenvalue weighted by molar-refractivity contribution is 5.96. The van der Waals surface area contributed by atoms with Crippen LogP contribution < -0.4 is 11.1 Å². The molecule has 0 heterocycles. The summed E-state index contributed by atoms with van der Waals surface area (Å²) in [7, 11) is 0.